The summed E-state index contributed by atoms with van der Waals surface area (Å²) < 4.78 is 53.0. The summed E-state index contributed by atoms with van der Waals surface area (Å²) in [6.45, 7) is 24.8. The van der Waals surface area contributed by atoms with Gasteiger partial charge in [0, 0.05) is 150 Å². The van der Waals surface area contributed by atoms with Crippen molar-refractivity contribution in [3.05, 3.63) is 113 Å². The predicted octanol–water partition coefficient (Wildman–Crippen LogP) is 7.32. The molecular formula is C70H86FN7O17. The second-order valence-corrected chi connectivity index (χ2v) is 26.5. The van der Waals surface area contributed by atoms with E-state index in [2.05, 4.69) is 34.3 Å². The second kappa shape index (κ2) is 27.6. The maximum Gasteiger partial charge on any atom is 0.341 e. The van der Waals surface area contributed by atoms with Gasteiger partial charge in [0.25, 0.3) is 5.91 Å². The van der Waals surface area contributed by atoms with Gasteiger partial charge in [-0.15, -0.1) is 0 Å². The molecule has 1 amide bonds. The van der Waals surface area contributed by atoms with Crippen molar-refractivity contribution in [2.75, 3.05) is 81.7 Å². The van der Waals surface area contributed by atoms with Crippen LogP contribution in [0.1, 0.15) is 104 Å². The van der Waals surface area contributed by atoms with Crippen LogP contribution in [0.3, 0.4) is 0 Å². The number of nitrogens with zero attached hydrogens (tertiary/aromatic N) is 5. The molecular weight excluding hydrogens is 1230 g/mol. The van der Waals surface area contributed by atoms with Crippen LogP contribution in [0.5, 0.6) is 17.2 Å². The quantitative estimate of drug-likeness (QED) is 0.0423. The number of carbonyl (C=O) groups excluding carboxylic acids is 2. The molecule has 5 aliphatic rings. The van der Waals surface area contributed by atoms with E-state index >= 15 is 4.39 Å². The summed E-state index contributed by atoms with van der Waals surface area (Å²) in [7, 11) is 2.90. The molecule has 2 aromatic heterocycles. The molecule has 4 aromatic carbocycles. The number of carbonyl (C=O) groups is 3. The Labute approximate surface area is 547 Å². The summed E-state index contributed by atoms with van der Waals surface area (Å²) >= 11 is 0. The van der Waals surface area contributed by atoms with Crippen LogP contribution in [0.25, 0.3) is 49.6 Å². The average molecular weight is 1320 g/mol. The van der Waals surface area contributed by atoms with Gasteiger partial charge in [-0.05, 0) is 51.7 Å². The van der Waals surface area contributed by atoms with Crippen LogP contribution < -0.4 is 51.4 Å². The fourth-order valence-electron chi connectivity index (χ4n) is 13.6. The molecule has 0 radical (unpaired) electrons. The molecule has 510 valence electrons. The lowest BCUT2D eigenvalue weighted by Gasteiger charge is -2.38. The lowest BCUT2D eigenvalue weighted by Crippen LogP contribution is -2.49. The van der Waals surface area contributed by atoms with Crippen molar-refractivity contribution in [1.29, 1.82) is 0 Å². The van der Waals surface area contributed by atoms with Crippen LogP contribution in [0.2, 0.25) is 0 Å². The number of carboxylic acids is 1. The number of aromatic nitrogens is 2. The van der Waals surface area contributed by atoms with Gasteiger partial charge in [0.15, 0.2) is 34.0 Å². The molecule has 7 N–H and O–H groups in total. The topological polar surface area (TPSA) is 314 Å². The zero-order valence-electron chi connectivity index (χ0n) is 55.9. The van der Waals surface area contributed by atoms with Crippen LogP contribution in [-0.2, 0) is 23.8 Å². The maximum atomic E-state index is 15.1. The number of amides is 1. The van der Waals surface area contributed by atoms with E-state index in [0.717, 1.165) is 45.1 Å². The number of benzene rings is 4. The fraction of sp³-hybridized carbons (Fsp3) is 0.500. The van der Waals surface area contributed by atoms with Crippen LogP contribution in [0.15, 0.2) is 79.3 Å². The second-order valence-electron chi connectivity index (χ2n) is 26.5. The molecule has 1 saturated carbocycles. The monoisotopic (exact) mass is 1320 g/mol. The molecule has 11 rings (SSSR count). The highest BCUT2D eigenvalue weighted by Crippen LogP contribution is 2.45. The van der Waals surface area contributed by atoms with E-state index in [4.69, 9.17) is 33.1 Å². The minimum absolute atomic E-state index is 0.0390. The summed E-state index contributed by atoms with van der Waals surface area (Å²) in [6.07, 6.45) is 6.71. The SMILES string of the molecule is CO[C@H]1/C=C/O[C@@]2(C)Oc3c(C)c(O)c4c(=O)c(c5oc6cc(N7CCN(CC(C)C)CC7)cc(=O)c6nc5c4c3=C2O)NC(=O)/C(C)=C\C=C\[C@H](C)[C@H](O)[C@@H](C)[C@@H](O)[C@@H](C)[C@H](OC(C)=O)[C@@H]1C.COc1c(N2CCNC(C)C2)c(F)cc2c(=O)c(C(=O)O)cn(C3CC3)c12. The number of halogens is 1. The van der Waals surface area contributed by atoms with Crippen molar-refractivity contribution in [3.63, 3.8) is 0 Å². The zero-order valence-corrected chi connectivity index (χ0v) is 55.9. The molecule has 10 atom stereocenters. The Morgan fingerprint density at radius 1 is 0.884 bits per heavy atom. The molecule has 4 aliphatic heterocycles. The molecule has 25 heteroatoms. The number of aliphatic hydroxyl groups is 3. The number of hydrogen-bond acceptors (Lipinski definition) is 21. The number of nitrogens with one attached hydrogen (secondary N) is 2. The van der Waals surface area contributed by atoms with Gasteiger partial charge in [-0.25, -0.2) is 14.2 Å². The van der Waals surface area contributed by atoms with Gasteiger partial charge in [0.05, 0.1) is 53.2 Å². The van der Waals surface area contributed by atoms with Crippen LogP contribution in [0.4, 0.5) is 21.5 Å². The third-order valence-corrected chi connectivity index (χ3v) is 19.0. The number of carboxylic acid groups (broad SMARTS) is 1. The Bertz CT molecular complexity index is 4360. The normalized spacial score (nSPS) is 26.8. The number of esters is 1. The molecule has 95 heavy (non-hydrogen) atoms. The molecule has 3 fully saturated rings. The number of aromatic carboxylic acids is 1. The number of ether oxygens (including phenoxy) is 5. The van der Waals surface area contributed by atoms with Gasteiger partial charge in [-0.1, -0.05) is 59.8 Å². The van der Waals surface area contributed by atoms with Gasteiger partial charge < -0.3 is 78.6 Å². The number of hydrogen-bond donors (Lipinski definition) is 7. The summed E-state index contributed by atoms with van der Waals surface area (Å²) in [5, 5.41) is 62.1. The smallest absolute Gasteiger partial charge is 0.341 e. The number of phenols is 1. The van der Waals surface area contributed by atoms with Crippen LogP contribution in [0, 0.1) is 42.3 Å². The number of allylic oxidation sites excluding steroid dienone is 2. The van der Waals surface area contributed by atoms with E-state index in [1.165, 1.54) is 72.6 Å². The van der Waals surface area contributed by atoms with E-state index in [0.29, 0.717) is 54.7 Å². The first kappa shape index (κ1) is 69.2. The minimum atomic E-state index is -1.98. The van der Waals surface area contributed by atoms with Crippen molar-refractivity contribution < 1.29 is 72.4 Å². The first-order chi connectivity index (χ1) is 45.0. The lowest BCUT2D eigenvalue weighted by molar-refractivity contribution is -0.160. The van der Waals surface area contributed by atoms with Crippen LogP contribution >= 0.6 is 0 Å². The summed E-state index contributed by atoms with van der Waals surface area (Å²) in [5.74, 6) is -8.02. The van der Waals surface area contributed by atoms with Crippen molar-refractivity contribution in [1.82, 2.24) is 19.8 Å². The zero-order chi connectivity index (χ0) is 69.0. The Hall–Kier alpha value is -8.62. The van der Waals surface area contributed by atoms with Gasteiger partial charge in [0.2, 0.25) is 16.3 Å². The number of aromatic hydroxyl groups is 1. The minimum Gasteiger partial charge on any atom is -0.507 e. The Morgan fingerprint density at radius 2 is 1.59 bits per heavy atom. The van der Waals surface area contributed by atoms with Crippen molar-refractivity contribution >= 4 is 84.5 Å². The van der Waals surface area contributed by atoms with Crippen molar-refractivity contribution in [2.45, 2.75) is 131 Å². The van der Waals surface area contributed by atoms with Gasteiger partial charge in [-0.3, -0.25) is 28.9 Å². The first-order valence-corrected chi connectivity index (χ1v) is 32.3. The molecule has 6 heterocycles. The highest BCUT2D eigenvalue weighted by molar-refractivity contribution is 6.17. The third-order valence-electron chi connectivity index (χ3n) is 19.0. The molecule has 1 aliphatic carbocycles. The van der Waals surface area contributed by atoms with E-state index in [-0.39, 0.29) is 83.8 Å². The summed E-state index contributed by atoms with van der Waals surface area (Å²) in [5.41, 5.74) is -1.59. The van der Waals surface area contributed by atoms with Gasteiger partial charge in [0.1, 0.15) is 40.1 Å². The largest absolute Gasteiger partial charge is 0.507 e. The molecule has 6 aromatic rings. The Balaban J connectivity index is 0.000000301. The highest BCUT2D eigenvalue weighted by atomic mass is 19.1. The number of aliphatic hydroxyl groups excluding tert-OH is 3. The average Bonchev–Trinajstić information content (AvgIpc) is 1.63. The Kier molecular flexibility index (Phi) is 20.1. The number of rotatable bonds is 9. The number of phenolic OH excluding ortho intramolecular Hbond substituents is 1. The fourth-order valence-corrected chi connectivity index (χ4v) is 13.6. The van der Waals surface area contributed by atoms with Crippen LogP contribution in [-0.4, -0.2) is 161 Å². The molecule has 1 unspecified atom stereocenters. The third kappa shape index (κ3) is 13.4. The maximum absolute atomic E-state index is 15.1. The number of pyridine rings is 1. The molecule has 0 spiro atoms. The highest BCUT2D eigenvalue weighted by Gasteiger charge is 2.45. The van der Waals surface area contributed by atoms with Gasteiger partial charge >= 0.3 is 17.7 Å². The van der Waals surface area contributed by atoms with Crippen molar-refractivity contribution in [2.24, 2.45) is 29.6 Å². The molecule has 4 bridgehead atoms. The Morgan fingerprint density at radius 3 is 2.22 bits per heavy atom. The number of anilines is 3. The van der Waals surface area contributed by atoms with Crippen molar-refractivity contribution in [3.8, 4) is 17.2 Å². The van der Waals surface area contributed by atoms with E-state index in [9.17, 15) is 54.3 Å². The molecule has 2 saturated heterocycles. The first-order valence-electron chi connectivity index (χ1n) is 32.3. The number of piperazine rings is 2. The summed E-state index contributed by atoms with van der Waals surface area (Å²) in [4.78, 5) is 90.8. The number of fused-ring (bicyclic) bond motifs is 3. The standard InChI is InChI=1S/C51H64N4O13.C19H22FN3O4/c1-24(2)23-54-16-18-55(19-17-54)32-21-33(57)39-35(22-32)67-48-40(52-39)36-37-44(60)30(8)47-38(36)49(62)51(10,68-47)65-20-15-34(64-11)27(5)46(66-31(9)56)29(7)43(59)28(6)42(58)25(3)13-12-14-26(4)50(63)53-41(48)45(37)61;1-10-8-22(6-5-21-10)16-14(20)7-12-15(18(16)27-2)23(11-3-4-11)9-13(17(12)24)19(25)26/h12-15,20-22,24-25,27-29,34,42-43,46,58-60,62H,16-19,23H2,1-11H3,(H,53,63);7,9-11,21H,3-6,8H2,1-2H3,(H,25,26)/b13-12+,20-15+,26-14-;/t25-,27+,28+,29+,34-,42-,43+,46+,51-;/m0./s1. The number of methoxy groups -OCH3 is 2. The van der Waals surface area contributed by atoms with E-state index in [1.807, 2.05) is 11.8 Å². The molecule has 24 nitrogen and oxygen atoms in total. The summed E-state index contributed by atoms with van der Waals surface area (Å²) in [6, 6.07) is 4.61. The van der Waals surface area contributed by atoms with E-state index in [1.54, 1.807) is 50.5 Å². The van der Waals surface area contributed by atoms with Gasteiger partial charge in [-0.2, -0.15) is 0 Å². The van der Waals surface area contributed by atoms with E-state index < -0.39 is 105 Å². The lowest BCUT2D eigenvalue weighted by atomic mass is 9.78. The predicted molar refractivity (Wildman–Crippen MR) is 358 cm³/mol.